The molecule has 3 nitrogen and oxygen atoms in total. The molecule has 0 aromatic carbocycles. The van der Waals surface area contributed by atoms with Crippen molar-refractivity contribution in [3.63, 3.8) is 0 Å². The van der Waals surface area contributed by atoms with Crippen LogP contribution in [-0.4, -0.2) is 31.6 Å². The number of carboxylic acids is 1. The lowest BCUT2D eigenvalue weighted by Crippen LogP contribution is -2.44. The van der Waals surface area contributed by atoms with Crippen LogP contribution in [0, 0.1) is 0 Å². The zero-order chi connectivity index (χ0) is 19.1. The molecular formula is C19H34O3S3. The van der Waals surface area contributed by atoms with E-state index in [1.807, 2.05) is 6.92 Å². The Labute approximate surface area is 168 Å². The van der Waals surface area contributed by atoms with Gasteiger partial charge in [-0.15, -0.1) is 11.8 Å². The lowest BCUT2D eigenvalue weighted by molar-refractivity contribution is -0.142. The first-order valence-corrected chi connectivity index (χ1v) is 11.4. The molecule has 0 aliphatic rings. The van der Waals surface area contributed by atoms with E-state index in [9.17, 15) is 14.7 Å². The van der Waals surface area contributed by atoms with E-state index in [1.165, 1.54) is 63.1 Å². The molecule has 0 aliphatic heterocycles. The first-order valence-electron chi connectivity index (χ1n) is 9.57. The summed E-state index contributed by atoms with van der Waals surface area (Å²) in [5.74, 6) is -0.960. The number of hydrogen-bond donors (Lipinski definition) is 2. The van der Waals surface area contributed by atoms with Gasteiger partial charge in [0.05, 0.1) is 0 Å². The fraction of sp³-hybridized carbons (Fsp3) is 0.842. The summed E-state index contributed by atoms with van der Waals surface area (Å²) in [4.78, 5) is 23.6. The second-order valence-corrected chi connectivity index (χ2v) is 9.10. The van der Waals surface area contributed by atoms with Crippen LogP contribution in [-0.2, 0) is 9.59 Å². The molecule has 0 radical (unpaired) electrons. The number of thioether (sulfide) groups is 1. The van der Waals surface area contributed by atoms with Crippen molar-refractivity contribution in [2.75, 3.05) is 5.75 Å². The minimum Gasteiger partial charge on any atom is -0.480 e. The number of carbonyl (C=O) groups is 2. The van der Waals surface area contributed by atoms with E-state index >= 15 is 0 Å². The molecule has 0 heterocycles. The van der Waals surface area contributed by atoms with Gasteiger partial charge in [-0.1, -0.05) is 90.3 Å². The summed E-state index contributed by atoms with van der Waals surface area (Å²) in [5, 5.41) is 9.28. The molecule has 25 heavy (non-hydrogen) atoms. The zero-order valence-electron chi connectivity index (χ0n) is 15.7. The van der Waals surface area contributed by atoms with Gasteiger partial charge in [-0.3, -0.25) is 9.59 Å². The average molecular weight is 407 g/mol. The Hall–Kier alpha value is -0.0700. The maximum atomic E-state index is 12.3. The van der Waals surface area contributed by atoms with Crippen LogP contribution < -0.4 is 0 Å². The van der Waals surface area contributed by atoms with E-state index in [2.05, 4.69) is 19.6 Å². The lowest BCUT2D eigenvalue weighted by Gasteiger charge is -2.21. The fourth-order valence-electron chi connectivity index (χ4n) is 2.67. The smallest absolute Gasteiger partial charge is 0.327 e. The Morgan fingerprint density at radius 3 is 1.84 bits per heavy atom. The molecule has 146 valence electrons. The Kier molecular flexibility index (Phi) is 15.0. The number of rotatable bonds is 16. The first-order chi connectivity index (χ1) is 11.9. The molecule has 0 rings (SSSR count). The third-order valence-corrected chi connectivity index (χ3v) is 6.35. The van der Waals surface area contributed by atoms with Gasteiger partial charge in [-0.05, 0) is 18.6 Å². The van der Waals surface area contributed by atoms with Crippen LogP contribution in [0.25, 0.3) is 0 Å². The number of thiocarbonyl (C=S) groups is 1. The molecule has 0 amide bonds. The number of carboxylic acid groups (broad SMARTS) is 1. The number of hydrogen-bond acceptors (Lipinski definition) is 5. The minimum absolute atomic E-state index is 0.154. The molecule has 1 unspecified atom stereocenters. The highest BCUT2D eigenvalue weighted by Crippen LogP contribution is 2.27. The van der Waals surface area contributed by atoms with E-state index in [-0.39, 0.29) is 10.6 Å². The normalized spacial score (nSPS) is 13.4. The summed E-state index contributed by atoms with van der Waals surface area (Å²) >= 11 is 10.5. The van der Waals surface area contributed by atoms with Gasteiger partial charge in [0, 0.05) is 0 Å². The summed E-state index contributed by atoms with van der Waals surface area (Å²) in [6.45, 7) is 4.07. The van der Waals surface area contributed by atoms with Crippen LogP contribution >= 0.6 is 36.6 Å². The van der Waals surface area contributed by atoms with Crippen LogP contribution in [0.2, 0.25) is 0 Å². The summed E-state index contributed by atoms with van der Waals surface area (Å²) < 4.78 is -1.52. The second kappa shape index (κ2) is 15.0. The highest BCUT2D eigenvalue weighted by Gasteiger charge is 2.43. The number of unbranched alkanes of at least 4 members (excludes halogenated alkanes) is 9. The molecule has 0 aliphatic carbocycles. The van der Waals surface area contributed by atoms with E-state index in [0.29, 0.717) is 6.42 Å². The van der Waals surface area contributed by atoms with E-state index < -0.39 is 16.5 Å². The van der Waals surface area contributed by atoms with Gasteiger partial charge in [-0.25, -0.2) is 0 Å². The van der Waals surface area contributed by atoms with Crippen LogP contribution in [0.4, 0.5) is 0 Å². The molecule has 0 saturated carbocycles. The molecule has 1 atom stereocenters. The third-order valence-electron chi connectivity index (χ3n) is 4.26. The number of ketones is 1. The zero-order valence-corrected chi connectivity index (χ0v) is 18.2. The first kappa shape index (κ1) is 24.9. The number of Topliss-reactive ketones (excluding diaryl/α,β-unsaturated/α-hetero) is 1. The standard InChI is InChI=1S/C19H34O3S3/c1-3-5-6-7-8-9-10-11-12-13-15-25-17(23)16(20)19(24,14-4-2)18(21)22/h24H,3-15H2,1-2H3,(H,21,22). The van der Waals surface area contributed by atoms with E-state index in [4.69, 9.17) is 12.2 Å². The quantitative estimate of drug-likeness (QED) is 0.141. The largest absolute Gasteiger partial charge is 0.480 e. The molecule has 0 bridgehead atoms. The summed E-state index contributed by atoms with van der Waals surface area (Å²) in [6, 6.07) is 0. The van der Waals surface area contributed by atoms with Crippen molar-refractivity contribution >= 4 is 52.6 Å². The van der Waals surface area contributed by atoms with Gasteiger partial charge in [0.15, 0.2) is 4.75 Å². The Bertz CT molecular complexity index is 413. The van der Waals surface area contributed by atoms with Gasteiger partial charge in [-0.2, -0.15) is 12.6 Å². The summed E-state index contributed by atoms with van der Waals surface area (Å²) in [6.07, 6.45) is 13.4. The van der Waals surface area contributed by atoms with Crippen molar-refractivity contribution in [1.29, 1.82) is 0 Å². The predicted octanol–water partition coefficient (Wildman–Crippen LogP) is 6.09. The van der Waals surface area contributed by atoms with Crippen LogP contribution in [0.3, 0.4) is 0 Å². The monoisotopic (exact) mass is 406 g/mol. The fourth-order valence-corrected chi connectivity index (χ4v) is 4.42. The van der Waals surface area contributed by atoms with Gasteiger partial charge in [0.2, 0.25) is 5.78 Å². The Balaban J connectivity index is 3.82. The topological polar surface area (TPSA) is 54.4 Å². The van der Waals surface area contributed by atoms with Crippen molar-refractivity contribution < 1.29 is 14.7 Å². The molecule has 1 N–H and O–H groups in total. The molecule has 0 saturated heterocycles. The molecule has 0 aromatic rings. The van der Waals surface area contributed by atoms with Crippen LogP contribution in [0.1, 0.15) is 90.9 Å². The predicted molar refractivity (Wildman–Crippen MR) is 116 cm³/mol. The average Bonchev–Trinajstić information content (AvgIpc) is 2.58. The van der Waals surface area contributed by atoms with Crippen molar-refractivity contribution in [3.05, 3.63) is 0 Å². The van der Waals surface area contributed by atoms with E-state index in [1.54, 1.807) is 0 Å². The third kappa shape index (κ3) is 10.6. The van der Waals surface area contributed by atoms with E-state index in [0.717, 1.165) is 18.6 Å². The number of thiol groups is 1. The molecule has 0 spiro atoms. The highest BCUT2D eigenvalue weighted by molar-refractivity contribution is 8.25. The van der Waals surface area contributed by atoms with Gasteiger partial charge < -0.3 is 5.11 Å². The maximum absolute atomic E-state index is 12.3. The van der Waals surface area contributed by atoms with Crippen molar-refractivity contribution in [1.82, 2.24) is 0 Å². The van der Waals surface area contributed by atoms with Gasteiger partial charge in [0.1, 0.15) is 4.20 Å². The SMILES string of the molecule is CCCCCCCCCCCCSC(=S)C(=O)C(S)(CCC)C(=O)O. The maximum Gasteiger partial charge on any atom is 0.327 e. The molecule has 6 heteroatoms. The van der Waals surface area contributed by atoms with Crippen molar-refractivity contribution in [2.45, 2.75) is 95.6 Å². The number of aliphatic carboxylic acids is 1. The van der Waals surface area contributed by atoms with Crippen molar-refractivity contribution in [3.8, 4) is 0 Å². The number of carbonyl (C=O) groups excluding carboxylic acids is 1. The summed E-state index contributed by atoms with van der Waals surface area (Å²) in [5.41, 5.74) is 0. The minimum atomic E-state index is -1.67. The summed E-state index contributed by atoms with van der Waals surface area (Å²) in [7, 11) is 0. The second-order valence-electron chi connectivity index (χ2n) is 6.56. The Morgan fingerprint density at radius 1 is 0.920 bits per heavy atom. The van der Waals surface area contributed by atoms with Gasteiger partial charge >= 0.3 is 5.97 Å². The van der Waals surface area contributed by atoms with Crippen LogP contribution in [0.5, 0.6) is 0 Å². The molecular weight excluding hydrogens is 372 g/mol. The molecule has 0 fully saturated rings. The van der Waals surface area contributed by atoms with Crippen molar-refractivity contribution in [2.24, 2.45) is 0 Å². The Morgan fingerprint density at radius 2 is 1.40 bits per heavy atom. The lowest BCUT2D eigenvalue weighted by atomic mass is 9.98. The highest BCUT2D eigenvalue weighted by atomic mass is 32.2. The molecule has 0 aromatic heterocycles. The van der Waals surface area contributed by atoms with Crippen LogP contribution in [0.15, 0.2) is 0 Å². The van der Waals surface area contributed by atoms with Gasteiger partial charge in [0.25, 0.3) is 0 Å².